The molecule has 108 valence electrons. The molecule has 20 heavy (non-hydrogen) atoms. The average molecular weight is 293 g/mol. The smallest absolute Gasteiger partial charge is 0.160 e. The predicted molar refractivity (Wildman–Crippen MR) is 82.3 cm³/mol. The van der Waals surface area contributed by atoms with Crippen molar-refractivity contribution < 1.29 is 0 Å². The summed E-state index contributed by atoms with van der Waals surface area (Å²) in [6.07, 6.45) is 7.40. The Morgan fingerprint density at radius 2 is 2.20 bits per heavy atom. The molecule has 0 aromatic carbocycles. The lowest BCUT2D eigenvalue weighted by atomic mass is 10.1. The summed E-state index contributed by atoms with van der Waals surface area (Å²) in [6.45, 7) is 4.36. The normalized spacial score (nSPS) is 16.9. The van der Waals surface area contributed by atoms with E-state index in [4.69, 9.17) is 16.6 Å². The fraction of sp³-hybridized carbons (Fsp3) is 0.600. The summed E-state index contributed by atoms with van der Waals surface area (Å²) in [5.41, 5.74) is 1.93. The number of imidazole rings is 1. The van der Waals surface area contributed by atoms with Crippen LogP contribution in [-0.4, -0.2) is 27.6 Å². The molecule has 1 aliphatic rings. The van der Waals surface area contributed by atoms with Crippen LogP contribution in [0.4, 0.5) is 0 Å². The van der Waals surface area contributed by atoms with E-state index in [1.54, 1.807) is 6.20 Å². The highest BCUT2D eigenvalue weighted by molar-refractivity contribution is 6.31. The highest BCUT2D eigenvalue weighted by atomic mass is 35.5. The zero-order valence-corrected chi connectivity index (χ0v) is 12.7. The molecule has 1 fully saturated rings. The van der Waals surface area contributed by atoms with Crippen molar-refractivity contribution in [2.75, 3.05) is 13.1 Å². The van der Waals surface area contributed by atoms with Gasteiger partial charge in [-0.25, -0.2) is 9.97 Å². The maximum Gasteiger partial charge on any atom is 0.160 e. The molecule has 3 heterocycles. The molecule has 1 N–H and O–H groups in total. The second kappa shape index (κ2) is 6.10. The standard InChI is InChI=1S/C15H21ClN4/c1-2-3-4-14-19-13-9-11(16)10-18-15(13)20(14)12-5-7-17-8-6-12/h9-10,12,17H,2-8H2,1H3. The molecular weight excluding hydrogens is 272 g/mol. The minimum atomic E-state index is 0.516. The Hall–Kier alpha value is -1.13. The number of piperidine rings is 1. The van der Waals surface area contributed by atoms with E-state index in [1.807, 2.05) is 6.07 Å². The number of aryl methyl sites for hydroxylation is 1. The number of halogens is 1. The number of nitrogens with one attached hydrogen (secondary N) is 1. The van der Waals surface area contributed by atoms with Crippen LogP contribution in [0.5, 0.6) is 0 Å². The van der Waals surface area contributed by atoms with E-state index >= 15 is 0 Å². The van der Waals surface area contributed by atoms with Crippen molar-refractivity contribution >= 4 is 22.8 Å². The topological polar surface area (TPSA) is 42.7 Å². The zero-order valence-electron chi connectivity index (χ0n) is 11.9. The largest absolute Gasteiger partial charge is 0.317 e. The monoisotopic (exact) mass is 292 g/mol. The number of fused-ring (bicyclic) bond motifs is 1. The summed E-state index contributed by atoms with van der Waals surface area (Å²) < 4.78 is 2.36. The van der Waals surface area contributed by atoms with Crippen molar-refractivity contribution in [3.05, 3.63) is 23.1 Å². The lowest BCUT2D eigenvalue weighted by Crippen LogP contribution is -2.30. The predicted octanol–water partition coefficient (Wildman–Crippen LogP) is 3.35. The number of unbranched alkanes of at least 4 members (excludes halogenated alkanes) is 1. The van der Waals surface area contributed by atoms with Gasteiger partial charge in [-0.15, -0.1) is 0 Å². The second-order valence-electron chi connectivity index (χ2n) is 5.48. The van der Waals surface area contributed by atoms with Gasteiger partial charge in [0, 0.05) is 18.7 Å². The third-order valence-electron chi connectivity index (χ3n) is 4.00. The Balaban J connectivity index is 2.04. The van der Waals surface area contributed by atoms with E-state index in [0.29, 0.717) is 11.1 Å². The van der Waals surface area contributed by atoms with Crippen molar-refractivity contribution in [1.82, 2.24) is 19.9 Å². The van der Waals surface area contributed by atoms with Crippen molar-refractivity contribution in [2.24, 2.45) is 0 Å². The van der Waals surface area contributed by atoms with E-state index in [0.717, 1.165) is 43.5 Å². The van der Waals surface area contributed by atoms with E-state index in [-0.39, 0.29) is 0 Å². The third-order valence-corrected chi connectivity index (χ3v) is 4.20. The van der Waals surface area contributed by atoms with Crippen molar-refractivity contribution in [3.8, 4) is 0 Å². The van der Waals surface area contributed by atoms with Crippen molar-refractivity contribution in [2.45, 2.75) is 45.1 Å². The molecule has 4 nitrogen and oxygen atoms in total. The summed E-state index contributed by atoms with van der Waals surface area (Å²) in [6, 6.07) is 2.44. The molecule has 0 spiro atoms. The van der Waals surface area contributed by atoms with Crippen molar-refractivity contribution in [1.29, 1.82) is 0 Å². The lowest BCUT2D eigenvalue weighted by molar-refractivity contribution is 0.365. The fourth-order valence-corrected chi connectivity index (χ4v) is 3.12. The first-order valence-electron chi connectivity index (χ1n) is 7.52. The van der Waals surface area contributed by atoms with E-state index in [9.17, 15) is 0 Å². The first-order chi connectivity index (χ1) is 9.79. The maximum atomic E-state index is 6.05. The summed E-state index contributed by atoms with van der Waals surface area (Å²) in [7, 11) is 0. The Morgan fingerprint density at radius 3 is 2.95 bits per heavy atom. The van der Waals surface area contributed by atoms with Gasteiger partial charge in [-0.3, -0.25) is 0 Å². The maximum absolute atomic E-state index is 6.05. The summed E-state index contributed by atoms with van der Waals surface area (Å²) >= 11 is 6.05. The van der Waals surface area contributed by atoms with Gasteiger partial charge >= 0.3 is 0 Å². The molecule has 0 bridgehead atoms. The third kappa shape index (κ3) is 2.67. The molecule has 1 aliphatic heterocycles. The molecular formula is C15H21ClN4. The Bertz CT molecular complexity index is 587. The molecule has 0 atom stereocenters. The van der Waals surface area contributed by atoms with Crippen LogP contribution < -0.4 is 5.32 Å². The average Bonchev–Trinajstić information content (AvgIpc) is 2.83. The molecule has 0 aliphatic carbocycles. The number of hydrogen-bond donors (Lipinski definition) is 1. The Labute approximate surface area is 124 Å². The quantitative estimate of drug-likeness (QED) is 0.940. The highest BCUT2D eigenvalue weighted by Crippen LogP contribution is 2.27. The van der Waals surface area contributed by atoms with Crippen LogP contribution in [0.2, 0.25) is 5.02 Å². The fourth-order valence-electron chi connectivity index (χ4n) is 2.96. The number of hydrogen-bond acceptors (Lipinski definition) is 3. The van der Waals surface area contributed by atoms with Crippen LogP contribution >= 0.6 is 11.6 Å². The SMILES string of the molecule is CCCCc1nc2cc(Cl)cnc2n1C1CCNCC1. The molecule has 0 amide bonds. The number of pyridine rings is 1. The van der Waals surface area contributed by atoms with Gasteiger partial charge in [-0.05, 0) is 38.4 Å². The molecule has 3 rings (SSSR count). The zero-order chi connectivity index (χ0) is 13.9. The Kier molecular flexibility index (Phi) is 4.22. The van der Waals surface area contributed by atoms with Gasteiger partial charge in [0.15, 0.2) is 5.65 Å². The number of aromatic nitrogens is 3. The van der Waals surface area contributed by atoms with Gasteiger partial charge < -0.3 is 9.88 Å². The van der Waals surface area contributed by atoms with Crippen LogP contribution in [0, 0.1) is 0 Å². The van der Waals surface area contributed by atoms with Gasteiger partial charge in [-0.1, -0.05) is 24.9 Å². The lowest BCUT2D eigenvalue weighted by Gasteiger charge is -2.25. The van der Waals surface area contributed by atoms with Gasteiger partial charge in [0.25, 0.3) is 0 Å². The Morgan fingerprint density at radius 1 is 1.40 bits per heavy atom. The molecule has 0 unspecified atom stereocenters. The van der Waals surface area contributed by atoms with Gasteiger partial charge in [-0.2, -0.15) is 0 Å². The minimum absolute atomic E-state index is 0.516. The van der Waals surface area contributed by atoms with Crippen LogP contribution in [0.3, 0.4) is 0 Å². The molecule has 1 saturated heterocycles. The highest BCUT2D eigenvalue weighted by Gasteiger charge is 2.21. The first kappa shape index (κ1) is 13.8. The number of rotatable bonds is 4. The summed E-state index contributed by atoms with van der Waals surface area (Å²) in [5, 5.41) is 4.08. The van der Waals surface area contributed by atoms with Gasteiger partial charge in [0.05, 0.1) is 5.02 Å². The van der Waals surface area contributed by atoms with Crippen LogP contribution in [0.15, 0.2) is 12.3 Å². The van der Waals surface area contributed by atoms with Crippen LogP contribution in [0.25, 0.3) is 11.2 Å². The van der Waals surface area contributed by atoms with E-state index in [2.05, 4.69) is 21.8 Å². The van der Waals surface area contributed by atoms with Crippen molar-refractivity contribution in [3.63, 3.8) is 0 Å². The molecule has 0 saturated carbocycles. The van der Waals surface area contributed by atoms with Crippen LogP contribution in [-0.2, 0) is 6.42 Å². The molecule has 2 aromatic heterocycles. The van der Waals surface area contributed by atoms with Crippen LogP contribution in [0.1, 0.15) is 44.5 Å². The van der Waals surface area contributed by atoms with E-state index < -0.39 is 0 Å². The van der Waals surface area contributed by atoms with E-state index in [1.165, 1.54) is 18.7 Å². The number of nitrogens with zero attached hydrogens (tertiary/aromatic N) is 3. The first-order valence-corrected chi connectivity index (χ1v) is 7.90. The minimum Gasteiger partial charge on any atom is -0.317 e. The molecule has 2 aromatic rings. The van der Waals surface area contributed by atoms with Gasteiger partial charge in [0.2, 0.25) is 0 Å². The molecule has 0 radical (unpaired) electrons. The second-order valence-corrected chi connectivity index (χ2v) is 5.92. The molecule has 5 heteroatoms. The summed E-state index contributed by atoms with van der Waals surface area (Å²) in [4.78, 5) is 9.31. The van der Waals surface area contributed by atoms with Gasteiger partial charge in [0.1, 0.15) is 11.3 Å². The summed E-state index contributed by atoms with van der Waals surface area (Å²) in [5.74, 6) is 1.17.